The molecule has 0 bridgehead atoms. The fourth-order valence-corrected chi connectivity index (χ4v) is 1.37. The first-order valence-electron chi connectivity index (χ1n) is 4.29. The summed E-state index contributed by atoms with van der Waals surface area (Å²) in [5.41, 5.74) is 6.73. The van der Waals surface area contributed by atoms with Gasteiger partial charge in [0.05, 0.1) is 12.4 Å². The molecule has 1 heterocycles. The van der Waals surface area contributed by atoms with Gasteiger partial charge >= 0.3 is 0 Å². The number of benzene rings is 1. The average Bonchev–Trinajstić information content (AvgIpc) is 2.18. The minimum atomic E-state index is 0.685. The Hall–Kier alpha value is -1.48. The maximum Gasteiger partial charge on any atom is 0.0574 e. The van der Waals surface area contributed by atoms with Crippen molar-refractivity contribution in [1.82, 2.24) is 10.2 Å². The number of nitrogens with two attached hydrogens (primary N) is 1. The topological polar surface area (TPSA) is 51.8 Å². The quantitative estimate of drug-likeness (QED) is 0.740. The van der Waals surface area contributed by atoms with Gasteiger partial charge in [0.2, 0.25) is 0 Å². The molecule has 1 aromatic heterocycles. The van der Waals surface area contributed by atoms with Crippen LogP contribution in [0.1, 0.15) is 5.56 Å². The molecule has 0 aliphatic carbocycles. The van der Waals surface area contributed by atoms with E-state index >= 15 is 0 Å². The van der Waals surface area contributed by atoms with Crippen LogP contribution in [0.4, 0.5) is 0 Å². The molecule has 2 aromatic rings. The summed E-state index contributed by atoms with van der Waals surface area (Å²) in [7, 11) is 0. The van der Waals surface area contributed by atoms with E-state index in [1.54, 1.807) is 12.4 Å². The number of aromatic nitrogens is 2. The smallest absolute Gasteiger partial charge is 0.0574 e. The molecule has 3 nitrogen and oxygen atoms in total. The van der Waals surface area contributed by atoms with Gasteiger partial charge in [-0.1, -0.05) is 12.1 Å². The van der Waals surface area contributed by atoms with Crippen LogP contribution in [0.15, 0.2) is 30.6 Å². The summed E-state index contributed by atoms with van der Waals surface area (Å²) in [4.78, 5) is 0. The standard InChI is InChI=1S/C10H11N3/c11-4-3-8-1-2-9-6-12-13-7-10(9)5-8/h1-2,5-7H,3-4,11H2. The van der Waals surface area contributed by atoms with E-state index in [2.05, 4.69) is 28.4 Å². The highest BCUT2D eigenvalue weighted by molar-refractivity contribution is 5.81. The molecule has 0 atom stereocenters. The Morgan fingerprint density at radius 3 is 2.62 bits per heavy atom. The molecule has 1 aromatic carbocycles. The van der Waals surface area contributed by atoms with Crippen molar-refractivity contribution in [3.05, 3.63) is 36.2 Å². The van der Waals surface area contributed by atoms with Crippen LogP contribution >= 0.6 is 0 Å². The molecule has 0 aliphatic rings. The van der Waals surface area contributed by atoms with Crippen LogP contribution in [0.5, 0.6) is 0 Å². The summed E-state index contributed by atoms with van der Waals surface area (Å²) in [6, 6.07) is 6.24. The molecule has 0 amide bonds. The van der Waals surface area contributed by atoms with Crippen molar-refractivity contribution >= 4 is 10.8 Å². The summed E-state index contributed by atoms with van der Waals surface area (Å²) >= 11 is 0. The third-order valence-corrected chi connectivity index (χ3v) is 2.04. The van der Waals surface area contributed by atoms with Gasteiger partial charge in [0.15, 0.2) is 0 Å². The molecule has 3 heteroatoms. The third kappa shape index (κ3) is 1.65. The Balaban J connectivity index is 2.49. The maximum absolute atomic E-state index is 5.48. The zero-order chi connectivity index (χ0) is 9.10. The van der Waals surface area contributed by atoms with Crippen LogP contribution in [0.25, 0.3) is 10.8 Å². The van der Waals surface area contributed by atoms with Crippen molar-refractivity contribution in [1.29, 1.82) is 0 Å². The Morgan fingerprint density at radius 2 is 1.85 bits per heavy atom. The van der Waals surface area contributed by atoms with Crippen LogP contribution < -0.4 is 5.73 Å². The van der Waals surface area contributed by atoms with Crippen molar-refractivity contribution in [2.24, 2.45) is 5.73 Å². The summed E-state index contributed by atoms with van der Waals surface area (Å²) in [5, 5.41) is 9.89. The Bertz CT molecular complexity index is 412. The predicted octanol–water partition coefficient (Wildman–Crippen LogP) is 1.13. The highest BCUT2D eigenvalue weighted by Gasteiger charge is 1.95. The van der Waals surface area contributed by atoms with Gasteiger partial charge in [-0.05, 0) is 24.6 Å². The molecule has 2 rings (SSSR count). The monoisotopic (exact) mass is 173 g/mol. The minimum absolute atomic E-state index is 0.685. The van der Waals surface area contributed by atoms with Crippen LogP contribution in [0.2, 0.25) is 0 Å². The molecule has 0 saturated carbocycles. The minimum Gasteiger partial charge on any atom is -0.330 e. The molecule has 0 saturated heterocycles. The average molecular weight is 173 g/mol. The summed E-state index contributed by atoms with van der Waals surface area (Å²) in [6.07, 6.45) is 4.45. The molecule has 13 heavy (non-hydrogen) atoms. The molecule has 0 spiro atoms. The molecule has 0 radical (unpaired) electrons. The maximum atomic E-state index is 5.48. The van der Waals surface area contributed by atoms with Crippen LogP contribution in [0.3, 0.4) is 0 Å². The second kappa shape index (κ2) is 3.49. The van der Waals surface area contributed by atoms with E-state index in [4.69, 9.17) is 5.73 Å². The summed E-state index contributed by atoms with van der Waals surface area (Å²) in [5.74, 6) is 0. The second-order valence-corrected chi connectivity index (χ2v) is 2.99. The molecular formula is C10H11N3. The summed E-state index contributed by atoms with van der Waals surface area (Å²) in [6.45, 7) is 0.685. The number of fused-ring (bicyclic) bond motifs is 1. The molecule has 0 aliphatic heterocycles. The predicted molar refractivity (Wildman–Crippen MR) is 52.3 cm³/mol. The van der Waals surface area contributed by atoms with E-state index in [0.717, 1.165) is 17.2 Å². The highest BCUT2D eigenvalue weighted by Crippen LogP contribution is 2.13. The molecule has 2 N–H and O–H groups in total. The lowest BCUT2D eigenvalue weighted by Crippen LogP contribution is -2.02. The first kappa shape index (κ1) is 8.13. The zero-order valence-corrected chi connectivity index (χ0v) is 7.27. The number of hydrogen-bond acceptors (Lipinski definition) is 3. The van der Waals surface area contributed by atoms with Crippen LogP contribution in [-0.2, 0) is 6.42 Å². The van der Waals surface area contributed by atoms with Gasteiger partial charge in [0, 0.05) is 10.8 Å². The van der Waals surface area contributed by atoms with E-state index in [1.807, 2.05) is 0 Å². The van der Waals surface area contributed by atoms with E-state index in [-0.39, 0.29) is 0 Å². The van der Waals surface area contributed by atoms with Gasteiger partial charge in [0.1, 0.15) is 0 Å². The Kier molecular flexibility index (Phi) is 2.19. The first-order valence-corrected chi connectivity index (χ1v) is 4.29. The van der Waals surface area contributed by atoms with Crippen molar-refractivity contribution < 1.29 is 0 Å². The molecule has 0 fully saturated rings. The van der Waals surface area contributed by atoms with Gasteiger partial charge in [-0.3, -0.25) is 0 Å². The van der Waals surface area contributed by atoms with E-state index in [1.165, 1.54) is 5.56 Å². The van der Waals surface area contributed by atoms with Crippen LogP contribution in [-0.4, -0.2) is 16.7 Å². The highest BCUT2D eigenvalue weighted by atomic mass is 15.1. The lowest BCUT2D eigenvalue weighted by molar-refractivity contribution is 0.970. The summed E-state index contributed by atoms with van der Waals surface area (Å²) < 4.78 is 0. The van der Waals surface area contributed by atoms with E-state index < -0.39 is 0 Å². The number of hydrogen-bond donors (Lipinski definition) is 1. The van der Waals surface area contributed by atoms with Crippen molar-refractivity contribution in [3.8, 4) is 0 Å². The van der Waals surface area contributed by atoms with Gasteiger partial charge in [-0.2, -0.15) is 10.2 Å². The molecular weight excluding hydrogens is 162 g/mol. The van der Waals surface area contributed by atoms with Crippen LogP contribution in [0, 0.1) is 0 Å². The lowest BCUT2D eigenvalue weighted by atomic mass is 10.1. The lowest BCUT2D eigenvalue weighted by Gasteiger charge is -2.00. The van der Waals surface area contributed by atoms with Crippen molar-refractivity contribution in [3.63, 3.8) is 0 Å². The van der Waals surface area contributed by atoms with Crippen molar-refractivity contribution in [2.45, 2.75) is 6.42 Å². The number of rotatable bonds is 2. The zero-order valence-electron chi connectivity index (χ0n) is 7.27. The largest absolute Gasteiger partial charge is 0.330 e. The Labute approximate surface area is 76.6 Å². The third-order valence-electron chi connectivity index (χ3n) is 2.04. The Morgan fingerprint density at radius 1 is 1.08 bits per heavy atom. The van der Waals surface area contributed by atoms with Gasteiger partial charge in [-0.25, -0.2) is 0 Å². The van der Waals surface area contributed by atoms with Gasteiger partial charge in [-0.15, -0.1) is 0 Å². The van der Waals surface area contributed by atoms with Crippen molar-refractivity contribution in [2.75, 3.05) is 6.54 Å². The van der Waals surface area contributed by atoms with Gasteiger partial charge in [0.25, 0.3) is 0 Å². The molecule has 66 valence electrons. The first-order chi connectivity index (χ1) is 6.40. The van der Waals surface area contributed by atoms with E-state index in [0.29, 0.717) is 6.54 Å². The van der Waals surface area contributed by atoms with E-state index in [9.17, 15) is 0 Å². The normalized spacial score (nSPS) is 10.5. The fourth-order valence-electron chi connectivity index (χ4n) is 1.37. The fraction of sp³-hybridized carbons (Fsp3) is 0.200. The SMILES string of the molecule is NCCc1ccc2cnncc2c1. The number of nitrogens with zero attached hydrogens (tertiary/aromatic N) is 2. The second-order valence-electron chi connectivity index (χ2n) is 2.99. The van der Waals surface area contributed by atoms with Gasteiger partial charge < -0.3 is 5.73 Å². The molecule has 0 unspecified atom stereocenters.